The van der Waals surface area contributed by atoms with Gasteiger partial charge in [0.2, 0.25) is 11.9 Å². The highest BCUT2D eigenvalue weighted by Gasteiger charge is 2.10. The van der Waals surface area contributed by atoms with Crippen molar-refractivity contribution < 1.29 is 0 Å². The van der Waals surface area contributed by atoms with Crippen LogP contribution in [0.3, 0.4) is 0 Å². The minimum Gasteiger partial charge on any atom is -0.321 e. The molecule has 0 saturated heterocycles. The second-order valence-corrected chi connectivity index (χ2v) is 4.19. The second-order valence-electron chi connectivity index (χ2n) is 4.19. The molecule has 0 fully saturated rings. The van der Waals surface area contributed by atoms with E-state index >= 15 is 0 Å². The number of nitrogens with one attached hydrogen (secondary N) is 2. The Morgan fingerprint density at radius 1 is 1.19 bits per heavy atom. The first-order chi connectivity index (χ1) is 10.2. The minimum atomic E-state index is 0.208. The maximum atomic E-state index is 5.38. The van der Waals surface area contributed by atoms with Gasteiger partial charge < -0.3 is 5.32 Å². The summed E-state index contributed by atoms with van der Waals surface area (Å²) in [7, 11) is 1.83. The fraction of sp³-hybridized carbons (Fsp3) is 0.200. The molecule has 108 valence electrons. The number of aryl methyl sites for hydroxylation is 2. The van der Waals surface area contributed by atoms with E-state index in [4.69, 9.17) is 5.84 Å². The van der Waals surface area contributed by atoms with Crippen LogP contribution in [0.1, 0.15) is 5.69 Å². The first-order valence-electron chi connectivity index (χ1n) is 6.00. The van der Waals surface area contributed by atoms with Gasteiger partial charge in [0.15, 0.2) is 0 Å². The Hall–Kier alpha value is -3.08. The summed E-state index contributed by atoms with van der Waals surface area (Å²) in [5.74, 6) is 6.19. The monoisotopic (exact) mass is 287 g/mol. The SMILES string of the molecule is Cc1nn(C)cc1Nc1nc(NN)nc(-n2cncn2)n1. The zero-order valence-corrected chi connectivity index (χ0v) is 11.4. The predicted octanol–water partition coefficient (Wildman–Crippen LogP) is -0.477. The minimum absolute atomic E-state index is 0.208. The molecular weight excluding hydrogens is 274 g/mol. The number of hydrazine groups is 1. The molecule has 11 heteroatoms. The molecule has 0 spiro atoms. The van der Waals surface area contributed by atoms with E-state index in [0.717, 1.165) is 11.4 Å². The lowest BCUT2D eigenvalue weighted by molar-refractivity contribution is 0.756. The Bertz CT molecular complexity index is 744. The smallest absolute Gasteiger partial charge is 0.258 e. The number of nitrogens with two attached hydrogens (primary N) is 1. The molecule has 21 heavy (non-hydrogen) atoms. The van der Waals surface area contributed by atoms with Crippen molar-refractivity contribution in [2.24, 2.45) is 12.9 Å². The van der Waals surface area contributed by atoms with Crippen molar-refractivity contribution in [1.82, 2.24) is 39.5 Å². The van der Waals surface area contributed by atoms with E-state index in [1.54, 1.807) is 4.68 Å². The summed E-state index contributed by atoms with van der Waals surface area (Å²) < 4.78 is 3.10. The molecule has 0 bridgehead atoms. The van der Waals surface area contributed by atoms with E-state index in [0.29, 0.717) is 11.9 Å². The maximum Gasteiger partial charge on any atom is 0.258 e. The van der Waals surface area contributed by atoms with Crippen molar-refractivity contribution in [3.05, 3.63) is 24.5 Å². The Kier molecular flexibility index (Phi) is 3.16. The molecule has 3 rings (SSSR count). The summed E-state index contributed by atoms with van der Waals surface area (Å²) in [6, 6.07) is 0. The van der Waals surface area contributed by atoms with E-state index < -0.39 is 0 Å². The van der Waals surface area contributed by atoms with Gasteiger partial charge in [-0.3, -0.25) is 10.1 Å². The Morgan fingerprint density at radius 3 is 2.62 bits per heavy atom. The van der Waals surface area contributed by atoms with Gasteiger partial charge in [-0.1, -0.05) is 0 Å². The Balaban J connectivity index is 1.98. The van der Waals surface area contributed by atoms with Gasteiger partial charge in [0.05, 0.1) is 11.4 Å². The predicted molar refractivity (Wildman–Crippen MR) is 73.8 cm³/mol. The third-order valence-electron chi connectivity index (χ3n) is 2.64. The van der Waals surface area contributed by atoms with Crippen LogP contribution >= 0.6 is 0 Å². The highest BCUT2D eigenvalue weighted by Crippen LogP contribution is 2.17. The van der Waals surface area contributed by atoms with Crippen LogP contribution in [-0.4, -0.2) is 39.5 Å². The van der Waals surface area contributed by atoms with E-state index in [-0.39, 0.29) is 5.95 Å². The van der Waals surface area contributed by atoms with Crippen LogP contribution in [0.2, 0.25) is 0 Å². The molecule has 0 aliphatic carbocycles. The summed E-state index contributed by atoms with van der Waals surface area (Å²) in [6.07, 6.45) is 4.69. The average Bonchev–Trinajstić information content (AvgIpc) is 3.09. The lowest BCUT2D eigenvalue weighted by Crippen LogP contribution is -2.15. The molecule has 0 radical (unpaired) electrons. The largest absolute Gasteiger partial charge is 0.321 e. The molecule has 0 aliphatic heterocycles. The van der Waals surface area contributed by atoms with Crippen molar-refractivity contribution in [1.29, 1.82) is 0 Å². The van der Waals surface area contributed by atoms with Crippen molar-refractivity contribution in [3.8, 4) is 5.95 Å². The number of nitrogen functional groups attached to an aromatic ring is 1. The van der Waals surface area contributed by atoms with Crippen molar-refractivity contribution >= 4 is 17.6 Å². The molecule has 11 nitrogen and oxygen atoms in total. The molecule has 3 aromatic rings. The first-order valence-corrected chi connectivity index (χ1v) is 6.00. The standard InChI is InChI=1S/C10H13N11/c1-6-7(3-20(2)19-6)14-8-15-9(18-11)17-10(16-8)21-5-12-4-13-21/h3-5H,11H2,1-2H3,(H2,14,15,16,17,18). The molecule has 0 aromatic carbocycles. The van der Waals surface area contributed by atoms with Gasteiger partial charge in [0.1, 0.15) is 12.7 Å². The number of anilines is 3. The average molecular weight is 287 g/mol. The number of rotatable bonds is 4. The van der Waals surface area contributed by atoms with E-state index in [1.165, 1.54) is 17.3 Å². The molecule has 0 amide bonds. The summed E-state index contributed by atoms with van der Waals surface area (Å²) in [5.41, 5.74) is 4.00. The molecule has 3 heterocycles. The van der Waals surface area contributed by atoms with Gasteiger partial charge in [0, 0.05) is 13.2 Å². The third-order valence-corrected chi connectivity index (χ3v) is 2.64. The number of aromatic nitrogens is 8. The summed E-state index contributed by atoms with van der Waals surface area (Å²) >= 11 is 0. The van der Waals surface area contributed by atoms with Crippen molar-refractivity contribution in [2.75, 3.05) is 10.7 Å². The van der Waals surface area contributed by atoms with Crippen molar-refractivity contribution in [3.63, 3.8) is 0 Å². The quantitative estimate of drug-likeness (QED) is 0.429. The number of hydrogen-bond acceptors (Lipinski definition) is 9. The summed E-state index contributed by atoms with van der Waals surface area (Å²) in [5, 5.41) is 11.3. The molecule has 0 aliphatic rings. The van der Waals surface area contributed by atoms with Crippen molar-refractivity contribution in [2.45, 2.75) is 6.92 Å². The van der Waals surface area contributed by atoms with E-state index in [9.17, 15) is 0 Å². The molecular formula is C10H13N11. The normalized spacial score (nSPS) is 10.6. The van der Waals surface area contributed by atoms with Gasteiger partial charge in [-0.15, -0.1) is 0 Å². The first kappa shape index (κ1) is 12.9. The highest BCUT2D eigenvalue weighted by molar-refractivity contribution is 5.56. The zero-order valence-electron chi connectivity index (χ0n) is 11.4. The number of hydrogen-bond donors (Lipinski definition) is 3. The van der Waals surface area contributed by atoms with Crippen LogP contribution in [-0.2, 0) is 7.05 Å². The van der Waals surface area contributed by atoms with Gasteiger partial charge >= 0.3 is 0 Å². The van der Waals surface area contributed by atoms with E-state index in [1.807, 2.05) is 20.2 Å². The molecule has 0 atom stereocenters. The fourth-order valence-electron chi connectivity index (χ4n) is 1.74. The van der Waals surface area contributed by atoms with Crippen LogP contribution in [0, 0.1) is 6.92 Å². The van der Waals surface area contributed by atoms with E-state index in [2.05, 4.69) is 40.9 Å². The highest BCUT2D eigenvalue weighted by atomic mass is 15.4. The van der Waals surface area contributed by atoms with Crippen LogP contribution in [0.4, 0.5) is 17.6 Å². The Morgan fingerprint density at radius 2 is 2.00 bits per heavy atom. The maximum absolute atomic E-state index is 5.38. The van der Waals surface area contributed by atoms with Gasteiger partial charge in [0.25, 0.3) is 5.95 Å². The topological polar surface area (TPSA) is 137 Å². The summed E-state index contributed by atoms with van der Waals surface area (Å²) in [4.78, 5) is 16.4. The lowest BCUT2D eigenvalue weighted by atomic mass is 10.4. The lowest BCUT2D eigenvalue weighted by Gasteiger charge is -2.07. The Labute approximate surface area is 119 Å². The summed E-state index contributed by atoms with van der Waals surface area (Å²) in [6.45, 7) is 1.88. The molecule has 4 N–H and O–H groups in total. The second kappa shape index (κ2) is 5.13. The van der Waals surface area contributed by atoms with Gasteiger partial charge in [-0.25, -0.2) is 10.8 Å². The van der Waals surface area contributed by atoms with Crippen LogP contribution in [0.15, 0.2) is 18.9 Å². The third kappa shape index (κ3) is 2.62. The molecule has 0 saturated carbocycles. The van der Waals surface area contributed by atoms with Crippen LogP contribution in [0.25, 0.3) is 5.95 Å². The van der Waals surface area contributed by atoms with Crippen LogP contribution in [0.5, 0.6) is 0 Å². The molecule has 3 aromatic heterocycles. The zero-order chi connectivity index (χ0) is 14.8. The fourth-order valence-corrected chi connectivity index (χ4v) is 1.74. The number of nitrogens with zero attached hydrogens (tertiary/aromatic N) is 8. The van der Waals surface area contributed by atoms with Crippen LogP contribution < -0.4 is 16.6 Å². The van der Waals surface area contributed by atoms with Gasteiger partial charge in [-0.2, -0.15) is 29.8 Å². The molecule has 0 unspecified atom stereocenters. The van der Waals surface area contributed by atoms with Gasteiger partial charge in [-0.05, 0) is 6.92 Å².